The van der Waals surface area contributed by atoms with Crippen molar-refractivity contribution in [1.82, 2.24) is 0 Å². The van der Waals surface area contributed by atoms with Crippen molar-refractivity contribution >= 4 is 5.97 Å². The van der Waals surface area contributed by atoms with E-state index < -0.39 is 5.97 Å². The van der Waals surface area contributed by atoms with Crippen molar-refractivity contribution in [2.75, 3.05) is 0 Å². The summed E-state index contributed by atoms with van der Waals surface area (Å²) in [5.41, 5.74) is 0. The highest BCUT2D eigenvalue weighted by molar-refractivity contribution is 5.66. The third-order valence-corrected chi connectivity index (χ3v) is 5.89. The van der Waals surface area contributed by atoms with Crippen LogP contribution in [0.25, 0.3) is 0 Å². The molecule has 4 unspecified atom stereocenters. The summed E-state index contributed by atoms with van der Waals surface area (Å²) in [6.45, 7) is 0. The number of carbonyl (C=O) groups is 1. The van der Waals surface area contributed by atoms with Crippen LogP contribution >= 0.6 is 0 Å². The van der Waals surface area contributed by atoms with Gasteiger partial charge in [-0.25, -0.2) is 0 Å². The summed E-state index contributed by atoms with van der Waals surface area (Å²) in [6, 6.07) is 0. The maximum atomic E-state index is 10.5. The maximum Gasteiger partial charge on any atom is 0.303 e. The number of aliphatic hydroxyl groups excluding tert-OH is 2. The molecule has 2 aliphatic rings. The van der Waals surface area contributed by atoms with E-state index in [4.69, 9.17) is 5.11 Å². The number of allylic oxidation sites excluding steroid dienone is 3. The fourth-order valence-corrected chi connectivity index (χ4v) is 4.34. The Labute approximate surface area is 151 Å². The molecule has 0 amide bonds. The largest absolute Gasteiger partial charge is 0.481 e. The Balaban J connectivity index is 1.76. The van der Waals surface area contributed by atoms with Crippen molar-refractivity contribution in [2.24, 2.45) is 17.8 Å². The second-order valence-electron chi connectivity index (χ2n) is 7.73. The Bertz CT molecular complexity index is 451. The average molecular weight is 350 g/mol. The smallest absolute Gasteiger partial charge is 0.303 e. The van der Waals surface area contributed by atoms with Gasteiger partial charge in [0.1, 0.15) is 0 Å². The van der Waals surface area contributed by atoms with Crippen LogP contribution in [0, 0.1) is 17.8 Å². The molecule has 4 nitrogen and oxygen atoms in total. The molecule has 0 radical (unpaired) electrons. The van der Waals surface area contributed by atoms with Crippen molar-refractivity contribution in [3.05, 3.63) is 24.3 Å². The highest BCUT2D eigenvalue weighted by Crippen LogP contribution is 2.37. The van der Waals surface area contributed by atoms with Gasteiger partial charge in [0, 0.05) is 6.42 Å². The Morgan fingerprint density at radius 1 is 1.04 bits per heavy atom. The summed E-state index contributed by atoms with van der Waals surface area (Å²) in [5, 5.41) is 29.3. The fourth-order valence-electron chi connectivity index (χ4n) is 4.34. The molecule has 3 N–H and O–H groups in total. The summed E-state index contributed by atoms with van der Waals surface area (Å²) in [6.07, 6.45) is 17.9. The minimum Gasteiger partial charge on any atom is -0.481 e. The van der Waals surface area contributed by atoms with Crippen molar-refractivity contribution in [1.29, 1.82) is 0 Å². The molecular weight excluding hydrogens is 316 g/mol. The molecular formula is C21H34O4. The van der Waals surface area contributed by atoms with Crippen LogP contribution in [0.2, 0.25) is 0 Å². The Morgan fingerprint density at radius 3 is 2.48 bits per heavy atom. The van der Waals surface area contributed by atoms with Crippen LogP contribution in [0.1, 0.15) is 70.6 Å². The van der Waals surface area contributed by atoms with E-state index in [1.54, 1.807) is 0 Å². The van der Waals surface area contributed by atoms with E-state index in [-0.39, 0.29) is 24.5 Å². The van der Waals surface area contributed by atoms with Gasteiger partial charge in [-0.05, 0) is 62.7 Å². The van der Waals surface area contributed by atoms with E-state index in [0.717, 1.165) is 38.5 Å². The predicted octanol–water partition coefficient (Wildman–Crippen LogP) is 4.07. The van der Waals surface area contributed by atoms with Gasteiger partial charge >= 0.3 is 5.97 Å². The van der Waals surface area contributed by atoms with Crippen molar-refractivity contribution in [3.63, 3.8) is 0 Å². The predicted molar refractivity (Wildman–Crippen MR) is 99.2 cm³/mol. The van der Waals surface area contributed by atoms with Crippen LogP contribution in [0.3, 0.4) is 0 Å². The zero-order valence-electron chi connectivity index (χ0n) is 15.2. The number of hydrogen-bond donors (Lipinski definition) is 3. The van der Waals surface area contributed by atoms with E-state index in [0.29, 0.717) is 18.3 Å². The van der Waals surface area contributed by atoms with E-state index in [1.807, 2.05) is 18.2 Å². The zero-order chi connectivity index (χ0) is 18.1. The van der Waals surface area contributed by atoms with Crippen molar-refractivity contribution in [3.8, 4) is 0 Å². The molecule has 142 valence electrons. The van der Waals surface area contributed by atoms with Crippen LogP contribution in [0.15, 0.2) is 24.3 Å². The SMILES string of the molecule is O=C(O)CCC=CCCC1C(O)CCC1C=CC(O)C1CCCCC1. The molecule has 0 heterocycles. The lowest BCUT2D eigenvalue weighted by Crippen LogP contribution is -2.22. The molecule has 0 saturated heterocycles. The molecule has 2 aliphatic carbocycles. The van der Waals surface area contributed by atoms with Crippen LogP contribution < -0.4 is 0 Å². The van der Waals surface area contributed by atoms with Gasteiger partial charge in [-0.15, -0.1) is 0 Å². The van der Waals surface area contributed by atoms with Crippen LogP contribution in [-0.4, -0.2) is 33.5 Å². The van der Waals surface area contributed by atoms with Crippen LogP contribution in [0.5, 0.6) is 0 Å². The van der Waals surface area contributed by atoms with Gasteiger partial charge in [0.05, 0.1) is 12.2 Å². The first-order valence-corrected chi connectivity index (χ1v) is 9.99. The van der Waals surface area contributed by atoms with Gasteiger partial charge in [-0.3, -0.25) is 4.79 Å². The van der Waals surface area contributed by atoms with Crippen LogP contribution in [-0.2, 0) is 4.79 Å². The summed E-state index contributed by atoms with van der Waals surface area (Å²) in [4.78, 5) is 10.5. The van der Waals surface area contributed by atoms with E-state index in [1.165, 1.54) is 19.3 Å². The number of aliphatic hydroxyl groups is 2. The second-order valence-corrected chi connectivity index (χ2v) is 7.73. The molecule has 0 aromatic heterocycles. The Kier molecular flexibility index (Phi) is 8.70. The lowest BCUT2D eigenvalue weighted by molar-refractivity contribution is -0.136. The average Bonchev–Trinajstić information content (AvgIpc) is 2.96. The van der Waals surface area contributed by atoms with Crippen molar-refractivity contribution < 1.29 is 20.1 Å². The van der Waals surface area contributed by atoms with Crippen LogP contribution in [0.4, 0.5) is 0 Å². The molecule has 0 bridgehead atoms. The minimum atomic E-state index is -0.766. The lowest BCUT2D eigenvalue weighted by Gasteiger charge is -2.25. The molecule has 0 aliphatic heterocycles. The minimum absolute atomic E-state index is 0.174. The fraction of sp³-hybridized carbons (Fsp3) is 0.762. The summed E-state index contributed by atoms with van der Waals surface area (Å²) < 4.78 is 0. The van der Waals surface area contributed by atoms with Gasteiger partial charge < -0.3 is 15.3 Å². The van der Waals surface area contributed by atoms with E-state index >= 15 is 0 Å². The van der Waals surface area contributed by atoms with Gasteiger partial charge in [0.2, 0.25) is 0 Å². The molecule has 2 rings (SSSR count). The number of hydrogen-bond acceptors (Lipinski definition) is 3. The van der Waals surface area contributed by atoms with Gasteiger partial charge in [0.15, 0.2) is 0 Å². The van der Waals surface area contributed by atoms with Gasteiger partial charge in [-0.2, -0.15) is 0 Å². The lowest BCUT2D eigenvalue weighted by atomic mass is 9.84. The molecule has 2 saturated carbocycles. The third kappa shape index (κ3) is 6.95. The first-order valence-electron chi connectivity index (χ1n) is 9.99. The first-order chi connectivity index (χ1) is 12.1. The molecule has 0 aromatic carbocycles. The van der Waals surface area contributed by atoms with Gasteiger partial charge in [-0.1, -0.05) is 43.6 Å². The Morgan fingerprint density at radius 2 is 1.76 bits per heavy atom. The maximum absolute atomic E-state index is 10.5. The number of aliphatic carboxylic acids is 1. The standard InChI is InChI=1S/C21H34O4/c22-19(17-8-4-3-5-9-17)14-12-16-13-15-20(23)18(16)10-6-1-2-7-11-21(24)25/h1-2,12,14,16-20,22-23H,3-11,13,15H2,(H,24,25). The van der Waals surface area contributed by atoms with E-state index in [2.05, 4.69) is 6.08 Å². The molecule has 0 spiro atoms. The highest BCUT2D eigenvalue weighted by Gasteiger charge is 2.32. The molecule has 25 heavy (non-hydrogen) atoms. The number of rotatable bonds is 9. The van der Waals surface area contributed by atoms with Crippen molar-refractivity contribution in [2.45, 2.75) is 82.8 Å². The molecule has 4 heteroatoms. The summed E-state index contributed by atoms with van der Waals surface area (Å²) in [5.74, 6) is 0.240. The third-order valence-electron chi connectivity index (χ3n) is 5.89. The number of carboxylic acids is 1. The zero-order valence-corrected chi connectivity index (χ0v) is 15.2. The first kappa shape index (κ1) is 20.2. The molecule has 4 atom stereocenters. The summed E-state index contributed by atoms with van der Waals surface area (Å²) >= 11 is 0. The highest BCUT2D eigenvalue weighted by atomic mass is 16.4. The Hall–Kier alpha value is -1.13. The van der Waals surface area contributed by atoms with Gasteiger partial charge in [0.25, 0.3) is 0 Å². The quantitative estimate of drug-likeness (QED) is 0.548. The molecule has 0 aromatic rings. The summed E-state index contributed by atoms with van der Waals surface area (Å²) in [7, 11) is 0. The second kappa shape index (κ2) is 10.8. The number of carboxylic acid groups (broad SMARTS) is 1. The normalized spacial score (nSPS) is 29.6. The monoisotopic (exact) mass is 350 g/mol. The molecule has 2 fully saturated rings. The topological polar surface area (TPSA) is 77.8 Å². The van der Waals surface area contributed by atoms with E-state index in [9.17, 15) is 15.0 Å².